The number of benzene rings is 1. The SMILES string of the molecule is CC[C@H](OC(=O)Nc1ccc(S(=O)(=O)N2CCCCC2)cc1)c1ccco1. The van der Waals surface area contributed by atoms with Gasteiger partial charge in [0.15, 0.2) is 6.10 Å². The number of rotatable bonds is 6. The molecule has 3 rings (SSSR count). The Bertz CT molecular complexity index is 841. The molecule has 1 atom stereocenters. The zero-order chi connectivity index (χ0) is 19.3. The summed E-state index contributed by atoms with van der Waals surface area (Å²) < 4.78 is 37.4. The number of anilines is 1. The Morgan fingerprint density at radius 2 is 1.89 bits per heavy atom. The third kappa shape index (κ3) is 4.70. The van der Waals surface area contributed by atoms with Crippen LogP contribution in [0.15, 0.2) is 52.0 Å². The fourth-order valence-corrected chi connectivity index (χ4v) is 4.58. The summed E-state index contributed by atoms with van der Waals surface area (Å²) in [5.41, 5.74) is 0.465. The van der Waals surface area contributed by atoms with Gasteiger partial charge in [-0.2, -0.15) is 4.31 Å². The van der Waals surface area contributed by atoms with Crippen LogP contribution in [-0.4, -0.2) is 31.9 Å². The zero-order valence-electron chi connectivity index (χ0n) is 15.3. The van der Waals surface area contributed by atoms with E-state index in [0.29, 0.717) is 31.0 Å². The number of piperidine rings is 1. The van der Waals surface area contributed by atoms with Crippen molar-refractivity contribution >= 4 is 21.8 Å². The Hall–Kier alpha value is -2.32. The Balaban J connectivity index is 1.62. The Morgan fingerprint density at radius 1 is 1.19 bits per heavy atom. The second kappa shape index (κ2) is 8.58. The van der Waals surface area contributed by atoms with Crippen molar-refractivity contribution in [3.05, 3.63) is 48.4 Å². The summed E-state index contributed by atoms with van der Waals surface area (Å²) in [6.45, 7) is 3.00. The van der Waals surface area contributed by atoms with E-state index in [1.807, 2.05) is 6.92 Å². The van der Waals surface area contributed by atoms with E-state index in [4.69, 9.17) is 9.15 Å². The van der Waals surface area contributed by atoms with Gasteiger partial charge < -0.3 is 9.15 Å². The number of nitrogens with one attached hydrogen (secondary N) is 1. The molecule has 1 saturated heterocycles. The first-order chi connectivity index (χ1) is 13.0. The van der Waals surface area contributed by atoms with Crippen molar-refractivity contribution in [3.8, 4) is 0 Å². The first-order valence-corrected chi connectivity index (χ1v) is 10.6. The molecule has 0 bridgehead atoms. The first-order valence-electron chi connectivity index (χ1n) is 9.12. The highest BCUT2D eigenvalue weighted by atomic mass is 32.2. The summed E-state index contributed by atoms with van der Waals surface area (Å²) in [4.78, 5) is 12.3. The van der Waals surface area contributed by atoms with Crippen LogP contribution in [0.4, 0.5) is 10.5 Å². The zero-order valence-corrected chi connectivity index (χ0v) is 16.1. The van der Waals surface area contributed by atoms with Crippen LogP contribution in [-0.2, 0) is 14.8 Å². The Labute approximate surface area is 159 Å². The van der Waals surface area contributed by atoms with E-state index in [9.17, 15) is 13.2 Å². The maximum absolute atomic E-state index is 12.6. The Kier molecular flexibility index (Phi) is 6.18. The van der Waals surface area contributed by atoms with Gasteiger partial charge in [-0.1, -0.05) is 13.3 Å². The topological polar surface area (TPSA) is 88.8 Å². The molecule has 1 aromatic heterocycles. The molecule has 1 aliphatic heterocycles. The summed E-state index contributed by atoms with van der Waals surface area (Å²) in [5, 5.41) is 2.62. The van der Waals surface area contributed by atoms with E-state index < -0.39 is 22.2 Å². The molecule has 1 fully saturated rings. The minimum atomic E-state index is -3.48. The molecule has 1 N–H and O–H groups in total. The maximum Gasteiger partial charge on any atom is 0.412 e. The highest BCUT2D eigenvalue weighted by Crippen LogP contribution is 2.24. The second-order valence-electron chi connectivity index (χ2n) is 6.43. The fourth-order valence-electron chi connectivity index (χ4n) is 3.06. The van der Waals surface area contributed by atoms with Crippen LogP contribution >= 0.6 is 0 Å². The molecule has 0 unspecified atom stereocenters. The lowest BCUT2D eigenvalue weighted by Gasteiger charge is -2.25. The predicted molar refractivity (Wildman–Crippen MR) is 101 cm³/mol. The average molecular weight is 392 g/mol. The number of hydrogen-bond donors (Lipinski definition) is 1. The smallest absolute Gasteiger partial charge is 0.412 e. The summed E-state index contributed by atoms with van der Waals surface area (Å²) in [6.07, 6.45) is 3.85. The molecular formula is C19H24N2O5S. The molecule has 7 nitrogen and oxygen atoms in total. The highest BCUT2D eigenvalue weighted by molar-refractivity contribution is 7.89. The summed E-state index contributed by atoms with van der Waals surface area (Å²) in [5.74, 6) is 0.579. The van der Waals surface area contributed by atoms with Crippen molar-refractivity contribution in [1.29, 1.82) is 0 Å². The van der Waals surface area contributed by atoms with Gasteiger partial charge in [0.2, 0.25) is 10.0 Å². The maximum atomic E-state index is 12.6. The van der Waals surface area contributed by atoms with Gasteiger partial charge in [0.1, 0.15) is 5.76 Å². The molecule has 0 aliphatic carbocycles. The number of carbonyl (C=O) groups is 1. The van der Waals surface area contributed by atoms with Crippen LogP contribution in [0.3, 0.4) is 0 Å². The molecular weight excluding hydrogens is 368 g/mol. The molecule has 2 aromatic rings. The number of hydrogen-bond acceptors (Lipinski definition) is 5. The van der Waals surface area contributed by atoms with Gasteiger partial charge >= 0.3 is 6.09 Å². The van der Waals surface area contributed by atoms with Crippen LogP contribution in [0.5, 0.6) is 0 Å². The van der Waals surface area contributed by atoms with Gasteiger partial charge in [0, 0.05) is 18.8 Å². The standard InChI is InChI=1S/C19H24N2O5S/c1-2-17(18-7-6-14-25-18)26-19(22)20-15-8-10-16(11-9-15)27(23,24)21-12-4-3-5-13-21/h6-11,14,17H,2-5,12-13H2,1H3,(H,20,22)/t17-/m0/s1. The van der Waals surface area contributed by atoms with Crippen molar-refractivity contribution in [2.24, 2.45) is 0 Å². The number of sulfonamides is 1. The van der Waals surface area contributed by atoms with Crippen molar-refractivity contribution in [2.45, 2.75) is 43.6 Å². The number of nitrogens with zero attached hydrogens (tertiary/aromatic N) is 1. The largest absolute Gasteiger partial charge is 0.465 e. The summed E-state index contributed by atoms with van der Waals surface area (Å²) in [6, 6.07) is 9.62. The van der Waals surface area contributed by atoms with Crippen molar-refractivity contribution in [3.63, 3.8) is 0 Å². The van der Waals surface area contributed by atoms with Crippen LogP contribution < -0.4 is 5.32 Å². The minimum Gasteiger partial charge on any atom is -0.465 e. The van der Waals surface area contributed by atoms with E-state index in [-0.39, 0.29) is 4.90 Å². The molecule has 8 heteroatoms. The number of ether oxygens (including phenoxy) is 1. The van der Waals surface area contributed by atoms with E-state index in [2.05, 4.69) is 5.32 Å². The van der Waals surface area contributed by atoms with Crippen LogP contribution in [0, 0.1) is 0 Å². The molecule has 2 heterocycles. The van der Waals surface area contributed by atoms with Gasteiger partial charge in [0.05, 0.1) is 11.2 Å². The third-order valence-electron chi connectivity index (χ3n) is 4.53. The van der Waals surface area contributed by atoms with E-state index in [0.717, 1.165) is 19.3 Å². The van der Waals surface area contributed by atoms with Gasteiger partial charge in [-0.05, 0) is 55.7 Å². The molecule has 27 heavy (non-hydrogen) atoms. The van der Waals surface area contributed by atoms with Gasteiger partial charge in [-0.15, -0.1) is 0 Å². The van der Waals surface area contributed by atoms with Crippen LogP contribution in [0.1, 0.15) is 44.5 Å². The number of carbonyl (C=O) groups excluding carboxylic acids is 1. The van der Waals surface area contributed by atoms with Crippen LogP contribution in [0.25, 0.3) is 0 Å². The first kappa shape index (κ1) is 19.4. The van der Waals surface area contributed by atoms with Crippen LogP contribution in [0.2, 0.25) is 0 Å². The molecule has 146 valence electrons. The average Bonchev–Trinajstić information content (AvgIpc) is 3.22. The van der Waals surface area contributed by atoms with Crippen molar-refractivity contribution in [1.82, 2.24) is 4.31 Å². The van der Waals surface area contributed by atoms with Crippen molar-refractivity contribution < 1.29 is 22.4 Å². The minimum absolute atomic E-state index is 0.227. The second-order valence-corrected chi connectivity index (χ2v) is 8.37. The van der Waals surface area contributed by atoms with Gasteiger partial charge in [-0.25, -0.2) is 13.2 Å². The lowest BCUT2D eigenvalue weighted by molar-refractivity contribution is 0.0943. The molecule has 1 amide bonds. The van der Waals surface area contributed by atoms with Gasteiger partial charge in [-0.3, -0.25) is 5.32 Å². The molecule has 1 aromatic carbocycles. The lowest BCUT2D eigenvalue weighted by Crippen LogP contribution is -2.35. The van der Waals surface area contributed by atoms with E-state index >= 15 is 0 Å². The fraction of sp³-hybridized carbons (Fsp3) is 0.421. The molecule has 0 spiro atoms. The summed E-state index contributed by atoms with van der Waals surface area (Å²) >= 11 is 0. The lowest BCUT2D eigenvalue weighted by atomic mass is 10.2. The Morgan fingerprint density at radius 3 is 2.48 bits per heavy atom. The molecule has 0 saturated carbocycles. The molecule has 0 radical (unpaired) electrons. The third-order valence-corrected chi connectivity index (χ3v) is 6.45. The van der Waals surface area contributed by atoms with E-state index in [1.165, 1.54) is 22.7 Å². The van der Waals surface area contributed by atoms with E-state index in [1.54, 1.807) is 24.3 Å². The predicted octanol–water partition coefficient (Wildman–Crippen LogP) is 4.15. The van der Waals surface area contributed by atoms with Crippen molar-refractivity contribution in [2.75, 3.05) is 18.4 Å². The van der Waals surface area contributed by atoms with Gasteiger partial charge in [0.25, 0.3) is 0 Å². The monoisotopic (exact) mass is 392 g/mol. The number of furan rings is 1. The highest BCUT2D eigenvalue weighted by Gasteiger charge is 2.25. The molecule has 1 aliphatic rings. The normalized spacial score (nSPS) is 16.6. The quantitative estimate of drug-likeness (QED) is 0.797. The number of amides is 1. The summed E-state index contributed by atoms with van der Waals surface area (Å²) in [7, 11) is -3.48.